The minimum Gasteiger partial charge on any atom is -0.464 e. The summed E-state index contributed by atoms with van der Waals surface area (Å²) in [6.07, 6.45) is 0.711. The van der Waals surface area contributed by atoms with Crippen LogP contribution in [0, 0.1) is 0 Å². The fourth-order valence-corrected chi connectivity index (χ4v) is 3.07. The standard InChI is InChI=1S/C16H19N3O3/c1-3-22-15(20)14-13-11(8-9-19(14)16(21)17-2)10-6-4-5-7-12(10)18-13/h4-7,14,18H,3,8-9H2,1-2H3,(H,17,21). The maximum absolute atomic E-state index is 12.4. The number of carbonyl (C=O) groups excluding carboxylic acids is 2. The van der Waals surface area contributed by atoms with Gasteiger partial charge in [-0.3, -0.25) is 0 Å². The average Bonchev–Trinajstić information content (AvgIpc) is 2.91. The number of rotatable bonds is 2. The maximum Gasteiger partial charge on any atom is 0.335 e. The second kappa shape index (κ2) is 5.71. The highest BCUT2D eigenvalue weighted by atomic mass is 16.5. The van der Waals surface area contributed by atoms with Crippen molar-refractivity contribution in [1.29, 1.82) is 0 Å². The van der Waals surface area contributed by atoms with Crippen LogP contribution < -0.4 is 5.32 Å². The van der Waals surface area contributed by atoms with E-state index in [1.807, 2.05) is 24.3 Å². The summed E-state index contributed by atoms with van der Waals surface area (Å²) in [4.78, 5) is 29.3. The number of aromatic nitrogens is 1. The number of amides is 2. The molecule has 1 aliphatic rings. The summed E-state index contributed by atoms with van der Waals surface area (Å²) in [6, 6.07) is 6.92. The van der Waals surface area contributed by atoms with Crippen molar-refractivity contribution in [3.05, 3.63) is 35.5 Å². The van der Waals surface area contributed by atoms with Crippen molar-refractivity contribution in [2.24, 2.45) is 0 Å². The summed E-state index contributed by atoms with van der Waals surface area (Å²) in [5, 5.41) is 3.69. The normalized spacial score (nSPS) is 17.2. The molecule has 0 saturated heterocycles. The van der Waals surface area contributed by atoms with Crippen molar-refractivity contribution in [3.63, 3.8) is 0 Å². The lowest BCUT2D eigenvalue weighted by Crippen LogP contribution is -2.47. The smallest absolute Gasteiger partial charge is 0.335 e. The lowest BCUT2D eigenvalue weighted by Gasteiger charge is -2.33. The Morgan fingerprint density at radius 1 is 1.41 bits per heavy atom. The van der Waals surface area contributed by atoms with E-state index in [1.165, 1.54) is 4.90 Å². The molecule has 116 valence electrons. The van der Waals surface area contributed by atoms with E-state index in [1.54, 1.807) is 14.0 Å². The van der Waals surface area contributed by atoms with Gasteiger partial charge < -0.3 is 19.9 Å². The Morgan fingerprint density at radius 3 is 2.91 bits per heavy atom. The second-order valence-corrected chi connectivity index (χ2v) is 5.22. The number of nitrogens with one attached hydrogen (secondary N) is 2. The van der Waals surface area contributed by atoms with Gasteiger partial charge in [-0.1, -0.05) is 18.2 Å². The molecule has 0 spiro atoms. The Bertz CT molecular complexity index is 722. The molecule has 22 heavy (non-hydrogen) atoms. The molecule has 1 unspecified atom stereocenters. The van der Waals surface area contributed by atoms with Crippen molar-refractivity contribution < 1.29 is 14.3 Å². The number of fused-ring (bicyclic) bond motifs is 3. The number of hydrogen-bond donors (Lipinski definition) is 2. The SMILES string of the molecule is CCOC(=O)C1c2[nH]c3ccccc3c2CCN1C(=O)NC. The monoisotopic (exact) mass is 301 g/mol. The van der Waals surface area contributed by atoms with Gasteiger partial charge in [-0.15, -0.1) is 0 Å². The highest BCUT2D eigenvalue weighted by Crippen LogP contribution is 2.35. The first-order valence-corrected chi connectivity index (χ1v) is 7.41. The van der Waals surface area contributed by atoms with Gasteiger partial charge >= 0.3 is 12.0 Å². The van der Waals surface area contributed by atoms with E-state index in [4.69, 9.17) is 4.74 Å². The van der Waals surface area contributed by atoms with Gasteiger partial charge in [0.15, 0.2) is 6.04 Å². The highest BCUT2D eigenvalue weighted by Gasteiger charge is 2.38. The number of nitrogens with zero attached hydrogens (tertiary/aromatic N) is 1. The molecular formula is C16H19N3O3. The van der Waals surface area contributed by atoms with Crippen LogP contribution in [0.4, 0.5) is 4.79 Å². The molecule has 1 aromatic heterocycles. The van der Waals surface area contributed by atoms with Crippen molar-refractivity contribution in [3.8, 4) is 0 Å². The number of hydrogen-bond acceptors (Lipinski definition) is 3. The minimum absolute atomic E-state index is 0.276. The van der Waals surface area contributed by atoms with Gasteiger partial charge in [-0.25, -0.2) is 9.59 Å². The molecule has 0 fully saturated rings. The number of urea groups is 1. The molecule has 1 aromatic carbocycles. The van der Waals surface area contributed by atoms with Crippen LogP contribution >= 0.6 is 0 Å². The average molecular weight is 301 g/mol. The fraction of sp³-hybridized carbons (Fsp3) is 0.375. The summed E-state index contributed by atoms with van der Waals surface area (Å²) in [6.45, 7) is 2.53. The van der Waals surface area contributed by atoms with Crippen molar-refractivity contribution in [2.75, 3.05) is 20.2 Å². The number of benzene rings is 1. The number of aromatic amines is 1. The van der Waals surface area contributed by atoms with Crippen LogP contribution in [0.2, 0.25) is 0 Å². The zero-order chi connectivity index (χ0) is 15.7. The van der Waals surface area contributed by atoms with Crippen molar-refractivity contribution >= 4 is 22.9 Å². The quantitative estimate of drug-likeness (QED) is 0.833. The molecule has 1 aliphatic heterocycles. The number of carbonyl (C=O) groups is 2. The summed E-state index contributed by atoms with van der Waals surface area (Å²) in [7, 11) is 1.56. The van der Waals surface area contributed by atoms with E-state index in [-0.39, 0.29) is 12.6 Å². The van der Waals surface area contributed by atoms with Gasteiger partial charge in [0.25, 0.3) is 0 Å². The molecule has 0 radical (unpaired) electrons. The first-order valence-electron chi connectivity index (χ1n) is 7.41. The summed E-state index contributed by atoms with van der Waals surface area (Å²) in [5.41, 5.74) is 2.82. The van der Waals surface area contributed by atoms with Crippen LogP contribution in [0.3, 0.4) is 0 Å². The van der Waals surface area contributed by atoms with Crippen LogP contribution in [-0.2, 0) is 16.0 Å². The Balaban J connectivity index is 2.11. The molecule has 3 rings (SSSR count). The number of para-hydroxylation sites is 1. The third-order valence-corrected chi connectivity index (χ3v) is 4.02. The van der Waals surface area contributed by atoms with E-state index in [0.29, 0.717) is 13.0 Å². The van der Waals surface area contributed by atoms with Crippen molar-refractivity contribution in [1.82, 2.24) is 15.2 Å². The molecule has 1 atom stereocenters. The third kappa shape index (κ3) is 2.20. The summed E-state index contributed by atoms with van der Waals surface area (Å²) < 4.78 is 5.18. The summed E-state index contributed by atoms with van der Waals surface area (Å²) >= 11 is 0. The van der Waals surface area contributed by atoms with Gasteiger partial charge in [0, 0.05) is 24.5 Å². The minimum atomic E-state index is -0.726. The van der Waals surface area contributed by atoms with Crippen LogP contribution in [0.15, 0.2) is 24.3 Å². The molecule has 6 heteroatoms. The fourth-order valence-electron chi connectivity index (χ4n) is 3.07. The van der Waals surface area contributed by atoms with E-state index in [9.17, 15) is 9.59 Å². The van der Waals surface area contributed by atoms with Crippen LogP contribution in [0.5, 0.6) is 0 Å². The predicted octanol–water partition coefficient (Wildman–Crippen LogP) is 1.97. The Labute approximate surface area is 128 Å². The molecule has 2 aromatic rings. The molecule has 2 amide bonds. The van der Waals surface area contributed by atoms with Gasteiger partial charge in [0.1, 0.15) is 0 Å². The number of H-pyrrole nitrogens is 1. The van der Waals surface area contributed by atoms with Gasteiger partial charge in [0.2, 0.25) is 0 Å². The lowest BCUT2D eigenvalue weighted by molar-refractivity contribution is -0.149. The lowest BCUT2D eigenvalue weighted by atomic mass is 9.97. The first-order chi connectivity index (χ1) is 10.7. The maximum atomic E-state index is 12.4. The van der Waals surface area contributed by atoms with Crippen LogP contribution in [0.25, 0.3) is 10.9 Å². The second-order valence-electron chi connectivity index (χ2n) is 5.22. The van der Waals surface area contributed by atoms with E-state index in [2.05, 4.69) is 10.3 Å². The third-order valence-electron chi connectivity index (χ3n) is 4.02. The summed E-state index contributed by atoms with van der Waals surface area (Å²) in [5.74, 6) is -0.404. The highest BCUT2D eigenvalue weighted by molar-refractivity contribution is 5.91. The zero-order valence-electron chi connectivity index (χ0n) is 12.7. The first kappa shape index (κ1) is 14.4. The Kier molecular flexibility index (Phi) is 3.75. The number of ether oxygens (including phenoxy) is 1. The Hall–Kier alpha value is -2.50. The molecule has 6 nitrogen and oxygen atoms in total. The Morgan fingerprint density at radius 2 is 2.18 bits per heavy atom. The van der Waals surface area contributed by atoms with Crippen molar-refractivity contribution in [2.45, 2.75) is 19.4 Å². The van der Waals surface area contributed by atoms with E-state index >= 15 is 0 Å². The van der Waals surface area contributed by atoms with Crippen LogP contribution in [-0.4, -0.2) is 42.1 Å². The molecular weight excluding hydrogens is 282 g/mol. The largest absolute Gasteiger partial charge is 0.464 e. The van der Waals surface area contributed by atoms with Gasteiger partial charge in [-0.2, -0.15) is 0 Å². The van der Waals surface area contributed by atoms with Gasteiger partial charge in [-0.05, 0) is 25.0 Å². The predicted molar refractivity (Wildman–Crippen MR) is 82.5 cm³/mol. The van der Waals surface area contributed by atoms with Gasteiger partial charge in [0.05, 0.1) is 12.3 Å². The molecule has 0 saturated carbocycles. The van der Waals surface area contributed by atoms with E-state index < -0.39 is 12.0 Å². The molecule has 2 heterocycles. The molecule has 2 N–H and O–H groups in total. The van der Waals surface area contributed by atoms with E-state index in [0.717, 1.165) is 22.2 Å². The number of esters is 1. The van der Waals surface area contributed by atoms with Crippen LogP contribution in [0.1, 0.15) is 24.2 Å². The molecule has 0 bridgehead atoms. The topological polar surface area (TPSA) is 74.4 Å². The zero-order valence-corrected chi connectivity index (χ0v) is 12.7. The molecule has 0 aliphatic carbocycles.